The standard InChI is InChI=1S/C14H14ClF4N3.2ClH/c15-11-8-9(14(17,18)19)7-10(13(11)16)12(1-2-20)22-5-3-21-4-6-22;;/h7-8,12,21H,1,3-6H2;2*1H/t12-;;/m0../s1. The van der Waals surface area contributed by atoms with E-state index in [9.17, 15) is 17.6 Å². The first-order valence-corrected chi connectivity index (χ1v) is 7.10. The van der Waals surface area contributed by atoms with Crippen molar-refractivity contribution in [3.63, 3.8) is 0 Å². The number of benzene rings is 1. The molecule has 3 nitrogen and oxygen atoms in total. The number of nitriles is 1. The van der Waals surface area contributed by atoms with E-state index in [0.717, 1.165) is 6.07 Å². The summed E-state index contributed by atoms with van der Waals surface area (Å²) in [6.45, 7) is 2.33. The average Bonchev–Trinajstić information content (AvgIpc) is 2.47. The zero-order chi connectivity index (χ0) is 16.3. The molecule has 10 heteroatoms. The van der Waals surface area contributed by atoms with Gasteiger partial charge in [0, 0.05) is 31.7 Å². The van der Waals surface area contributed by atoms with Crippen LogP contribution >= 0.6 is 36.4 Å². The van der Waals surface area contributed by atoms with Gasteiger partial charge in [0.25, 0.3) is 0 Å². The molecule has 1 heterocycles. The van der Waals surface area contributed by atoms with Gasteiger partial charge in [-0.3, -0.25) is 4.90 Å². The summed E-state index contributed by atoms with van der Waals surface area (Å²) < 4.78 is 53.0. The lowest BCUT2D eigenvalue weighted by atomic mass is 9.98. The Kier molecular flexibility index (Phi) is 9.32. The second-order valence-corrected chi connectivity index (χ2v) is 5.43. The maximum atomic E-state index is 14.2. The molecule has 0 spiro atoms. The van der Waals surface area contributed by atoms with Crippen LogP contribution in [0.5, 0.6) is 0 Å². The van der Waals surface area contributed by atoms with E-state index >= 15 is 0 Å². The summed E-state index contributed by atoms with van der Waals surface area (Å²) in [5.41, 5.74) is -1.18. The van der Waals surface area contributed by atoms with Crippen molar-refractivity contribution in [1.82, 2.24) is 10.2 Å². The lowest BCUT2D eigenvalue weighted by molar-refractivity contribution is -0.137. The molecule has 1 aliphatic heterocycles. The molecule has 1 aromatic rings. The summed E-state index contributed by atoms with van der Waals surface area (Å²) >= 11 is 5.62. The zero-order valence-electron chi connectivity index (χ0n) is 12.4. The Morgan fingerprint density at radius 2 is 1.83 bits per heavy atom. The van der Waals surface area contributed by atoms with E-state index in [2.05, 4.69) is 5.32 Å². The summed E-state index contributed by atoms with van der Waals surface area (Å²) in [5, 5.41) is 11.5. The largest absolute Gasteiger partial charge is 0.416 e. The molecule has 1 atom stereocenters. The number of hydrogen-bond donors (Lipinski definition) is 1. The Balaban J connectivity index is 0.00000264. The second-order valence-electron chi connectivity index (χ2n) is 5.02. The molecule has 0 aliphatic carbocycles. The van der Waals surface area contributed by atoms with Crippen LogP contribution in [0.2, 0.25) is 5.02 Å². The number of piperazine rings is 1. The molecule has 0 amide bonds. The van der Waals surface area contributed by atoms with Gasteiger partial charge < -0.3 is 5.32 Å². The maximum Gasteiger partial charge on any atom is 0.416 e. The van der Waals surface area contributed by atoms with Gasteiger partial charge in [0.05, 0.1) is 29.1 Å². The van der Waals surface area contributed by atoms with Crippen LogP contribution in [0, 0.1) is 17.1 Å². The van der Waals surface area contributed by atoms with Gasteiger partial charge in [-0.2, -0.15) is 18.4 Å². The lowest BCUT2D eigenvalue weighted by Crippen LogP contribution is -2.45. The van der Waals surface area contributed by atoms with Crippen LogP contribution in [0.3, 0.4) is 0 Å². The van der Waals surface area contributed by atoms with Gasteiger partial charge in [0.2, 0.25) is 0 Å². The Morgan fingerprint density at radius 1 is 1.25 bits per heavy atom. The summed E-state index contributed by atoms with van der Waals surface area (Å²) in [5.74, 6) is -0.895. The van der Waals surface area contributed by atoms with Crippen LogP contribution in [-0.4, -0.2) is 31.1 Å². The molecule has 136 valence electrons. The highest BCUT2D eigenvalue weighted by Gasteiger charge is 2.34. The van der Waals surface area contributed by atoms with Crippen molar-refractivity contribution < 1.29 is 17.6 Å². The van der Waals surface area contributed by atoms with E-state index in [0.29, 0.717) is 32.2 Å². The van der Waals surface area contributed by atoms with Crippen molar-refractivity contribution in [3.05, 3.63) is 34.1 Å². The monoisotopic (exact) mass is 407 g/mol. The first kappa shape index (κ1) is 23.2. The zero-order valence-corrected chi connectivity index (χ0v) is 14.8. The van der Waals surface area contributed by atoms with Crippen LogP contribution in [0.25, 0.3) is 0 Å². The van der Waals surface area contributed by atoms with Crippen molar-refractivity contribution >= 4 is 36.4 Å². The Morgan fingerprint density at radius 3 is 2.33 bits per heavy atom. The van der Waals surface area contributed by atoms with E-state index in [1.807, 2.05) is 6.07 Å². The number of rotatable bonds is 3. The molecule has 24 heavy (non-hydrogen) atoms. The molecule has 0 bridgehead atoms. The van der Waals surface area contributed by atoms with Crippen molar-refractivity contribution in [2.24, 2.45) is 0 Å². The molecule has 2 rings (SSSR count). The van der Waals surface area contributed by atoms with Gasteiger partial charge in [-0.15, -0.1) is 24.8 Å². The van der Waals surface area contributed by atoms with Crippen molar-refractivity contribution in [1.29, 1.82) is 5.26 Å². The molecular formula is C14H16Cl3F4N3. The number of hydrogen-bond acceptors (Lipinski definition) is 3. The van der Waals surface area contributed by atoms with Crippen molar-refractivity contribution in [3.8, 4) is 6.07 Å². The fourth-order valence-corrected chi connectivity index (χ4v) is 2.76. The molecule has 0 unspecified atom stereocenters. The van der Waals surface area contributed by atoms with E-state index in [4.69, 9.17) is 16.9 Å². The highest BCUT2D eigenvalue weighted by atomic mass is 35.5. The molecular weight excluding hydrogens is 393 g/mol. The Hall–Kier alpha value is -0.780. The predicted octanol–water partition coefficient (Wildman–Crippen LogP) is 4.20. The first-order valence-electron chi connectivity index (χ1n) is 6.72. The minimum Gasteiger partial charge on any atom is -0.314 e. The maximum absolute atomic E-state index is 14.2. The normalized spacial score (nSPS) is 16.5. The molecule has 1 fully saturated rings. The topological polar surface area (TPSA) is 39.1 Å². The summed E-state index contributed by atoms with van der Waals surface area (Å²) in [7, 11) is 0. The SMILES string of the molecule is Cl.Cl.N#CC[C@@H](c1cc(C(F)(F)F)cc(Cl)c1F)N1CCNCC1. The van der Waals surface area contributed by atoms with E-state index in [-0.39, 0.29) is 36.8 Å². The van der Waals surface area contributed by atoms with Crippen LogP contribution < -0.4 is 5.32 Å². The Bertz CT molecular complexity index is 584. The Labute approximate surface area is 154 Å². The third-order valence-electron chi connectivity index (χ3n) is 3.62. The molecule has 1 N–H and O–H groups in total. The number of halogens is 7. The highest BCUT2D eigenvalue weighted by molar-refractivity contribution is 6.30. The minimum absolute atomic E-state index is 0. The summed E-state index contributed by atoms with van der Waals surface area (Å²) in [4.78, 5) is 1.80. The number of nitrogens with zero attached hydrogens (tertiary/aromatic N) is 2. The first-order chi connectivity index (χ1) is 10.3. The molecule has 0 radical (unpaired) electrons. The minimum atomic E-state index is -4.62. The number of alkyl halides is 3. The average molecular weight is 409 g/mol. The molecule has 0 saturated carbocycles. The van der Waals surface area contributed by atoms with Crippen LogP contribution in [-0.2, 0) is 6.18 Å². The summed E-state index contributed by atoms with van der Waals surface area (Å²) in [6, 6.07) is 2.50. The van der Waals surface area contributed by atoms with Crippen molar-refractivity contribution in [2.45, 2.75) is 18.6 Å². The fourth-order valence-electron chi connectivity index (χ4n) is 2.53. The lowest BCUT2D eigenvalue weighted by Gasteiger charge is -2.34. The van der Waals surface area contributed by atoms with Crippen LogP contribution in [0.15, 0.2) is 12.1 Å². The smallest absolute Gasteiger partial charge is 0.314 e. The van der Waals surface area contributed by atoms with Gasteiger partial charge >= 0.3 is 6.18 Å². The van der Waals surface area contributed by atoms with Crippen LogP contribution in [0.4, 0.5) is 17.6 Å². The fraction of sp³-hybridized carbons (Fsp3) is 0.500. The molecule has 1 aromatic carbocycles. The van der Waals surface area contributed by atoms with Gasteiger partial charge in [0.1, 0.15) is 5.82 Å². The van der Waals surface area contributed by atoms with Gasteiger partial charge in [-0.25, -0.2) is 4.39 Å². The van der Waals surface area contributed by atoms with E-state index < -0.39 is 28.6 Å². The molecule has 1 aliphatic rings. The molecule has 0 aromatic heterocycles. The summed E-state index contributed by atoms with van der Waals surface area (Å²) in [6.07, 6.45) is -4.72. The molecule has 1 saturated heterocycles. The third kappa shape index (κ3) is 5.36. The van der Waals surface area contributed by atoms with Gasteiger partial charge in [-0.1, -0.05) is 11.6 Å². The second kappa shape index (κ2) is 9.64. The van der Waals surface area contributed by atoms with Gasteiger partial charge in [0.15, 0.2) is 0 Å². The third-order valence-corrected chi connectivity index (χ3v) is 3.89. The highest BCUT2D eigenvalue weighted by Crippen LogP contribution is 2.37. The van der Waals surface area contributed by atoms with Crippen molar-refractivity contribution in [2.75, 3.05) is 26.2 Å². The quantitative estimate of drug-likeness (QED) is 0.762. The number of nitrogens with one attached hydrogen (secondary N) is 1. The van der Waals surface area contributed by atoms with E-state index in [1.165, 1.54) is 0 Å². The van der Waals surface area contributed by atoms with E-state index in [1.54, 1.807) is 4.90 Å². The van der Waals surface area contributed by atoms with Gasteiger partial charge in [-0.05, 0) is 12.1 Å². The predicted molar refractivity (Wildman–Crippen MR) is 88.3 cm³/mol. The van der Waals surface area contributed by atoms with Crippen LogP contribution in [0.1, 0.15) is 23.6 Å².